The second-order valence-corrected chi connectivity index (χ2v) is 6.97. The predicted octanol–water partition coefficient (Wildman–Crippen LogP) is 0.960. The van der Waals surface area contributed by atoms with Crippen LogP contribution in [0.25, 0.3) is 11.2 Å². The van der Waals surface area contributed by atoms with Gasteiger partial charge in [0.05, 0.1) is 6.33 Å². The van der Waals surface area contributed by atoms with Crippen LogP contribution >= 0.6 is 0 Å². The number of benzene rings is 1. The number of carbonyl (C=O) groups excluding carboxylic acids is 2. The molecule has 1 aromatic carbocycles. The number of fused-ring (bicyclic) bond motifs is 1. The summed E-state index contributed by atoms with van der Waals surface area (Å²) in [4.78, 5) is 53.4. The first-order chi connectivity index (χ1) is 13.6. The largest absolute Gasteiger partial charge is 0.332 e. The highest BCUT2D eigenvalue weighted by Gasteiger charge is 2.23. The molecule has 3 rings (SSSR count). The lowest BCUT2D eigenvalue weighted by molar-refractivity contribution is -0.122. The molecule has 3 amide bonds. The molecule has 0 radical (unpaired) electrons. The summed E-state index contributed by atoms with van der Waals surface area (Å²) >= 11 is 0. The quantitative estimate of drug-likeness (QED) is 0.681. The molecule has 0 saturated heterocycles. The van der Waals surface area contributed by atoms with Crippen molar-refractivity contribution in [2.24, 2.45) is 14.1 Å². The first-order valence-electron chi connectivity index (χ1n) is 8.93. The van der Waals surface area contributed by atoms with Crippen molar-refractivity contribution in [3.8, 4) is 0 Å². The molecule has 0 fully saturated rings. The molecule has 2 N–H and O–H groups in total. The van der Waals surface area contributed by atoms with E-state index in [2.05, 4.69) is 15.6 Å². The van der Waals surface area contributed by atoms with Crippen molar-refractivity contribution in [2.75, 3.05) is 5.32 Å². The van der Waals surface area contributed by atoms with Gasteiger partial charge < -0.3 is 9.88 Å². The number of hydrogen-bond acceptors (Lipinski definition) is 5. The van der Waals surface area contributed by atoms with Gasteiger partial charge in [0.25, 0.3) is 11.5 Å². The SMILES string of the molecule is Cc1ccc(NC(=O)NC(=O)[C@@H](C)n2cnc3c2c(=O)n(C)c(=O)n3C)c(C)c1. The third kappa shape index (κ3) is 3.56. The highest BCUT2D eigenvalue weighted by Crippen LogP contribution is 2.16. The summed E-state index contributed by atoms with van der Waals surface area (Å²) in [5.41, 5.74) is 1.69. The predicted molar refractivity (Wildman–Crippen MR) is 108 cm³/mol. The van der Waals surface area contributed by atoms with E-state index >= 15 is 0 Å². The van der Waals surface area contributed by atoms with Gasteiger partial charge in [-0.25, -0.2) is 14.6 Å². The Kier molecular flexibility index (Phi) is 5.10. The van der Waals surface area contributed by atoms with E-state index in [9.17, 15) is 19.2 Å². The Labute approximate surface area is 165 Å². The number of amides is 3. The number of rotatable bonds is 3. The minimum absolute atomic E-state index is 0.104. The normalized spacial score (nSPS) is 12.0. The van der Waals surface area contributed by atoms with Gasteiger partial charge >= 0.3 is 11.7 Å². The Morgan fingerprint density at radius 1 is 1.10 bits per heavy atom. The molecule has 10 nitrogen and oxygen atoms in total. The average molecular weight is 398 g/mol. The Morgan fingerprint density at radius 3 is 2.45 bits per heavy atom. The van der Waals surface area contributed by atoms with E-state index in [1.54, 1.807) is 6.07 Å². The van der Waals surface area contributed by atoms with E-state index < -0.39 is 29.2 Å². The second kappa shape index (κ2) is 7.38. The molecule has 0 saturated carbocycles. The van der Waals surface area contributed by atoms with Crippen molar-refractivity contribution >= 4 is 28.8 Å². The number of nitrogens with one attached hydrogen (secondary N) is 2. The molecular weight excluding hydrogens is 376 g/mol. The zero-order valence-electron chi connectivity index (χ0n) is 16.8. The maximum absolute atomic E-state index is 12.6. The summed E-state index contributed by atoms with van der Waals surface area (Å²) in [5.74, 6) is -0.623. The molecular formula is C19H22N6O4. The van der Waals surface area contributed by atoms with Crippen LogP contribution in [0.3, 0.4) is 0 Å². The van der Waals surface area contributed by atoms with Crippen LogP contribution in [0.5, 0.6) is 0 Å². The Hall–Kier alpha value is -3.69. The summed E-state index contributed by atoms with van der Waals surface area (Å²) < 4.78 is 3.51. The standard InChI is InChI=1S/C19H22N6O4/c1-10-6-7-13(11(2)8-10)21-18(28)22-16(26)12(3)25-9-20-15-14(25)17(27)24(5)19(29)23(15)4/h6-9,12H,1-5H3,(H2,21,22,26,28)/t12-/m1/s1. The lowest BCUT2D eigenvalue weighted by atomic mass is 10.1. The smallest absolute Gasteiger partial charge is 0.312 e. The number of nitrogens with zero attached hydrogens (tertiary/aromatic N) is 4. The van der Waals surface area contributed by atoms with Crippen LogP contribution in [-0.4, -0.2) is 30.6 Å². The van der Waals surface area contributed by atoms with Gasteiger partial charge in [0.15, 0.2) is 11.2 Å². The lowest BCUT2D eigenvalue weighted by Gasteiger charge is -2.15. The molecule has 2 heterocycles. The molecule has 0 aliphatic rings. The van der Waals surface area contributed by atoms with Gasteiger partial charge in [-0.2, -0.15) is 0 Å². The number of aromatic nitrogens is 4. The van der Waals surface area contributed by atoms with Crippen LogP contribution in [0.4, 0.5) is 10.5 Å². The fourth-order valence-electron chi connectivity index (χ4n) is 3.11. The van der Waals surface area contributed by atoms with Crippen molar-refractivity contribution < 1.29 is 9.59 Å². The van der Waals surface area contributed by atoms with Gasteiger partial charge in [-0.1, -0.05) is 17.7 Å². The molecule has 3 aromatic rings. The first kappa shape index (κ1) is 20.1. The number of imidazole rings is 1. The number of carbonyl (C=O) groups is 2. The summed E-state index contributed by atoms with van der Waals surface area (Å²) in [6.45, 7) is 5.33. The number of anilines is 1. The van der Waals surface area contributed by atoms with Crippen LogP contribution in [0, 0.1) is 13.8 Å². The van der Waals surface area contributed by atoms with Crippen molar-refractivity contribution in [2.45, 2.75) is 26.8 Å². The van der Waals surface area contributed by atoms with Gasteiger partial charge in [0, 0.05) is 19.8 Å². The third-order valence-electron chi connectivity index (χ3n) is 4.84. The van der Waals surface area contributed by atoms with E-state index in [0.29, 0.717) is 5.69 Å². The lowest BCUT2D eigenvalue weighted by Crippen LogP contribution is -2.40. The highest BCUT2D eigenvalue weighted by molar-refractivity contribution is 6.02. The maximum atomic E-state index is 12.6. The molecule has 0 unspecified atom stereocenters. The van der Waals surface area contributed by atoms with Crippen LogP contribution in [-0.2, 0) is 18.9 Å². The Bertz CT molecular complexity index is 1250. The van der Waals surface area contributed by atoms with Gasteiger partial charge in [-0.05, 0) is 32.4 Å². The van der Waals surface area contributed by atoms with Crippen LogP contribution in [0.2, 0.25) is 0 Å². The summed E-state index contributed by atoms with van der Waals surface area (Å²) in [5, 5.41) is 4.90. The van der Waals surface area contributed by atoms with Crippen LogP contribution in [0.1, 0.15) is 24.1 Å². The summed E-state index contributed by atoms with van der Waals surface area (Å²) in [7, 11) is 2.84. The number of hydrogen-bond donors (Lipinski definition) is 2. The minimum Gasteiger partial charge on any atom is -0.312 e. The summed E-state index contributed by atoms with van der Waals surface area (Å²) in [6, 6.07) is 3.93. The second-order valence-electron chi connectivity index (χ2n) is 6.97. The third-order valence-corrected chi connectivity index (χ3v) is 4.84. The fourth-order valence-corrected chi connectivity index (χ4v) is 3.11. The highest BCUT2D eigenvalue weighted by atomic mass is 16.2. The van der Waals surface area contributed by atoms with Crippen molar-refractivity contribution in [3.63, 3.8) is 0 Å². The van der Waals surface area contributed by atoms with E-state index in [-0.39, 0.29) is 11.2 Å². The number of imide groups is 1. The molecule has 29 heavy (non-hydrogen) atoms. The van der Waals surface area contributed by atoms with Crippen LogP contribution in [0.15, 0.2) is 34.1 Å². The van der Waals surface area contributed by atoms with Gasteiger partial charge in [-0.3, -0.25) is 24.0 Å². The minimum atomic E-state index is -0.907. The molecule has 0 bridgehead atoms. The maximum Gasteiger partial charge on any atom is 0.332 e. The van der Waals surface area contributed by atoms with E-state index in [1.165, 1.54) is 36.5 Å². The van der Waals surface area contributed by atoms with Crippen LogP contribution < -0.4 is 21.9 Å². The van der Waals surface area contributed by atoms with Crippen molar-refractivity contribution in [1.82, 2.24) is 24.0 Å². The fraction of sp³-hybridized carbons (Fsp3) is 0.316. The monoisotopic (exact) mass is 398 g/mol. The number of aryl methyl sites for hydroxylation is 3. The summed E-state index contributed by atoms with van der Waals surface area (Å²) in [6.07, 6.45) is 1.30. The first-order valence-corrected chi connectivity index (χ1v) is 8.93. The Morgan fingerprint density at radius 2 is 1.79 bits per heavy atom. The van der Waals surface area contributed by atoms with E-state index in [1.807, 2.05) is 26.0 Å². The topological polar surface area (TPSA) is 120 Å². The van der Waals surface area contributed by atoms with Crippen molar-refractivity contribution in [1.29, 1.82) is 0 Å². The van der Waals surface area contributed by atoms with Gasteiger partial charge in [0.1, 0.15) is 6.04 Å². The number of urea groups is 1. The molecule has 10 heteroatoms. The molecule has 152 valence electrons. The average Bonchev–Trinajstić information content (AvgIpc) is 3.11. The molecule has 0 spiro atoms. The van der Waals surface area contributed by atoms with E-state index in [0.717, 1.165) is 15.7 Å². The molecule has 0 aliphatic carbocycles. The van der Waals surface area contributed by atoms with E-state index in [4.69, 9.17) is 0 Å². The van der Waals surface area contributed by atoms with Crippen molar-refractivity contribution in [3.05, 3.63) is 56.5 Å². The van der Waals surface area contributed by atoms with Gasteiger partial charge in [-0.15, -0.1) is 0 Å². The molecule has 1 atom stereocenters. The zero-order valence-corrected chi connectivity index (χ0v) is 16.8. The molecule has 2 aromatic heterocycles. The Balaban J connectivity index is 1.84. The zero-order chi connectivity index (χ0) is 21.5. The van der Waals surface area contributed by atoms with Gasteiger partial charge in [0.2, 0.25) is 0 Å². The molecule has 0 aliphatic heterocycles.